The third kappa shape index (κ3) is 2.63. The van der Waals surface area contributed by atoms with Crippen LogP contribution in [0.1, 0.15) is 19.4 Å². The zero-order valence-corrected chi connectivity index (χ0v) is 9.54. The Balaban J connectivity index is 2.82. The number of rotatable bonds is 3. The van der Waals surface area contributed by atoms with E-state index in [1.54, 1.807) is 6.07 Å². The molecule has 0 saturated heterocycles. The lowest BCUT2D eigenvalue weighted by Gasteiger charge is -2.21. The van der Waals surface area contributed by atoms with E-state index in [4.69, 9.17) is 11.6 Å². The van der Waals surface area contributed by atoms with Gasteiger partial charge in [-0.15, -0.1) is 0 Å². The van der Waals surface area contributed by atoms with Gasteiger partial charge in [-0.2, -0.15) is 0 Å². The normalized spacial score (nSPS) is 11.3. The van der Waals surface area contributed by atoms with Crippen molar-refractivity contribution in [2.75, 3.05) is 7.05 Å². The van der Waals surface area contributed by atoms with E-state index in [9.17, 15) is 5.11 Å². The van der Waals surface area contributed by atoms with E-state index < -0.39 is 0 Å². The van der Waals surface area contributed by atoms with Gasteiger partial charge in [0.1, 0.15) is 5.75 Å². The summed E-state index contributed by atoms with van der Waals surface area (Å²) in [6.45, 7) is 4.94. The number of phenolic OH excluding ortho intramolecular Hbond substituents is 1. The molecule has 0 aliphatic heterocycles. The highest BCUT2D eigenvalue weighted by Gasteiger charge is 2.09. The average molecular weight is 214 g/mol. The fourth-order valence-corrected chi connectivity index (χ4v) is 1.33. The summed E-state index contributed by atoms with van der Waals surface area (Å²) in [6.07, 6.45) is 0. The standard InChI is InChI=1S/C11H16ClNO/c1-8(2)13(3)7-9-5-4-6-10(12)11(9)14/h4-6,8,14H,7H2,1-3H3. The van der Waals surface area contributed by atoms with Gasteiger partial charge in [0.25, 0.3) is 0 Å². The van der Waals surface area contributed by atoms with Gasteiger partial charge in [0.2, 0.25) is 0 Å². The molecule has 1 rings (SSSR count). The van der Waals surface area contributed by atoms with Crippen molar-refractivity contribution in [1.82, 2.24) is 4.90 Å². The van der Waals surface area contributed by atoms with Gasteiger partial charge in [0.05, 0.1) is 5.02 Å². The second kappa shape index (κ2) is 4.67. The van der Waals surface area contributed by atoms with Crippen molar-refractivity contribution in [2.24, 2.45) is 0 Å². The summed E-state index contributed by atoms with van der Waals surface area (Å²) < 4.78 is 0. The fourth-order valence-electron chi connectivity index (χ4n) is 1.14. The maximum atomic E-state index is 9.67. The maximum absolute atomic E-state index is 9.67. The lowest BCUT2D eigenvalue weighted by atomic mass is 10.2. The van der Waals surface area contributed by atoms with Crippen LogP contribution in [0.5, 0.6) is 5.75 Å². The van der Waals surface area contributed by atoms with Crippen molar-refractivity contribution in [3.05, 3.63) is 28.8 Å². The summed E-state index contributed by atoms with van der Waals surface area (Å²) in [4.78, 5) is 2.14. The van der Waals surface area contributed by atoms with Crippen molar-refractivity contribution in [3.63, 3.8) is 0 Å². The van der Waals surface area contributed by atoms with Crippen LogP contribution in [0.15, 0.2) is 18.2 Å². The first kappa shape index (κ1) is 11.3. The van der Waals surface area contributed by atoms with E-state index in [1.807, 2.05) is 19.2 Å². The smallest absolute Gasteiger partial charge is 0.138 e. The first-order valence-corrected chi connectivity index (χ1v) is 5.06. The van der Waals surface area contributed by atoms with Crippen molar-refractivity contribution >= 4 is 11.6 Å². The van der Waals surface area contributed by atoms with E-state index in [0.29, 0.717) is 17.6 Å². The fraction of sp³-hybridized carbons (Fsp3) is 0.455. The Morgan fingerprint density at radius 1 is 1.43 bits per heavy atom. The number of aromatic hydroxyl groups is 1. The molecule has 0 radical (unpaired) electrons. The van der Waals surface area contributed by atoms with Crippen LogP contribution < -0.4 is 0 Å². The molecule has 0 amide bonds. The second-order valence-corrected chi connectivity index (χ2v) is 4.16. The van der Waals surface area contributed by atoms with Gasteiger partial charge in [0, 0.05) is 18.2 Å². The Kier molecular flexibility index (Phi) is 3.78. The molecule has 1 N–H and O–H groups in total. The molecule has 0 aliphatic rings. The number of benzene rings is 1. The molecule has 0 unspecified atom stereocenters. The highest BCUT2D eigenvalue weighted by Crippen LogP contribution is 2.27. The zero-order chi connectivity index (χ0) is 10.7. The Hall–Kier alpha value is -0.730. The number of para-hydroxylation sites is 1. The zero-order valence-electron chi connectivity index (χ0n) is 8.79. The molecule has 0 spiro atoms. The van der Waals surface area contributed by atoms with Crippen LogP contribution in [0.3, 0.4) is 0 Å². The van der Waals surface area contributed by atoms with Crippen LogP contribution in [-0.4, -0.2) is 23.1 Å². The summed E-state index contributed by atoms with van der Waals surface area (Å²) in [7, 11) is 2.02. The van der Waals surface area contributed by atoms with Crippen LogP contribution in [0, 0.1) is 0 Å². The molecule has 0 fully saturated rings. The lowest BCUT2D eigenvalue weighted by molar-refractivity contribution is 0.262. The molecule has 0 bridgehead atoms. The van der Waals surface area contributed by atoms with Crippen LogP contribution >= 0.6 is 11.6 Å². The lowest BCUT2D eigenvalue weighted by Crippen LogP contribution is -2.25. The summed E-state index contributed by atoms with van der Waals surface area (Å²) >= 11 is 5.81. The first-order valence-electron chi connectivity index (χ1n) is 4.69. The van der Waals surface area contributed by atoms with Crippen molar-refractivity contribution < 1.29 is 5.11 Å². The molecular formula is C11H16ClNO. The van der Waals surface area contributed by atoms with Gasteiger partial charge in [-0.3, -0.25) is 4.90 Å². The molecule has 1 aromatic carbocycles. The third-order valence-electron chi connectivity index (χ3n) is 2.37. The highest BCUT2D eigenvalue weighted by molar-refractivity contribution is 6.32. The first-order chi connectivity index (χ1) is 6.52. The molecule has 1 aromatic rings. The quantitative estimate of drug-likeness (QED) is 0.835. The van der Waals surface area contributed by atoms with Crippen LogP contribution in [0.25, 0.3) is 0 Å². The van der Waals surface area contributed by atoms with Crippen LogP contribution in [0.4, 0.5) is 0 Å². The van der Waals surface area contributed by atoms with E-state index in [-0.39, 0.29) is 5.75 Å². The second-order valence-electron chi connectivity index (χ2n) is 3.76. The molecule has 0 atom stereocenters. The van der Waals surface area contributed by atoms with Gasteiger partial charge in [-0.25, -0.2) is 0 Å². The monoisotopic (exact) mass is 213 g/mol. The number of nitrogens with zero attached hydrogens (tertiary/aromatic N) is 1. The third-order valence-corrected chi connectivity index (χ3v) is 2.68. The minimum absolute atomic E-state index is 0.196. The number of halogens is 1. The largest absolute Gasteiger partial charge is 0.506 e. The predicted octanol–water partition coefficient (Wildman–Crippen LogP) is 2.89. The minimum Gasteiger partial charge on any atom is -0.506 e. The van der Waals surface area contributed by atoms with E-state index >= 15 is 0 Å². The molecule has 0 saturated carbocycles. The average Bonchev–Trinajstić information content (AvgIpc) is 2.12. The molecule has 2 nitrogen and oxygen atoms in total. The van der Waals surface area contributed by atoms with Gasteiger partial charge in [-0.05, 0) is 27.0 Å². The summed E-state index contributed by atoms with van der Waals surface area (Å²) in [6, 6.07) is 5.88. The number of hydrogen-bond donors (Lipinski definition) is 1. The van der Waals surface area contributed by atoms with Gasteiger partial charge < -0.3 is 5.11 Å². The maximum Gasteiger partial charge on any atom is 0.138 e. The summed E-state index contributed by atoms with van der Waals surface area (Å²) in [5.41, 5.74) is 0.869. The van der Waals surface area contributed by atoms with E-state index in [1.165, 1.54) is 0 Å². The Labute approximate surface area is 90.1 Å². The van der Waals surface area contributed by atoms with Crippen molar-refractivity contribution in [2.45, 2.75) is 26.4 Å². The highest BCUT2D eigenvalue weighted by atomic mass is 35.5. The molecular weight excluding hydrogens is 198 g/mol. The molecule has 78 valence electrons. The van der Waals surface area contributed by atoms with Gasteiger partial charge in [0.15, 0.2) is 0 Å². The predicted molar refractivity (Wildman–Crippen MR) is 59.7 cm³/mol. The molecule has 0 aromatic heterocycles. The van der Waals surface area contributed by atoms with Crippen molar-refractivity contribution in [1.29, 1.82) is 0 Å². The van der Waals surface area contributed by atoms with Crippen LogP contribution in [0.2, 0.25) is 5.02 Å². The number of hydrogen-bond acceptors (Lipinski definition) is 2. The molecule has 0 aliphatic carbocycles. The summed E-state index contributed by atoms with van der Waals surface area (Å²) in [5.74, 6) is 0.196. The Morgan fingerprint density at radius 3 is 2.64 bits per heavy atom. The van der Waals surface area contributed by atoms with E-state index in [2.05, 4.69) is 18.7 Å². The Bertz CT molecular complexity index is 312. The van der Waals surface area contributed by atoms with Gasteiger partial charge >= 0.3 is 0 Å². The van der Waals surface area contributed by atoms with Crippen LogP contribution in [-0.2, 0) is 6.54 Å². The van der Waals surface area contributed by atoms with E-state index in [0.717, 1.165) is 5.56 Å². The number of phenols is 1. The minimum atomic E-state index is 0.196. The summed E-state index contributed by atoms with van der Waals surface area (Å²) in [5, 5.41) is 10.1. The topological polar surface area (TPSA) is 23.5 Å². The Morgan fingerprint density at radius 2 is 2.07 bits per heavy atom. The van der Waals surface area contributed by atoms with Gasteiger partial charge in [-0.1, -0.05) is 23.7 Å². The SMILES string of the molecule is CC(C)N(C)Cc1cccc(Cl)c1O. The molecule has 14 heavy (non-hydrogen) atoms. The van der Waals surface area contributed by atoms with Crippen molar-refractivity contribution in [3.8, 4) is 5.75 Å². The molecule has 3 heteroatoms. The molecule has 0 heterocycles.